The van der Waals surface area contributed by atoms with E-state index >= 15 is 0 Å². The Balaban J connectivity index is 2.80. The van der Waals surface area contributed by atoms with Gasteiger partial charge in [0.1, 0.15) is 11.9 Å². The zero-order valence-corrected chi connectivity index (χ0v) is 9.91. The number of hydrogen-bond acceptors (Lipinski definition) is 3. The van der Waals surface area contributed by atoms with Crippen molar-refractivity contribution in [1.82, 2.24) is 5.32 Å². The van der Waals surface area contributed by atoms with E-state index in [9.17, 15) is 23.4 Å². The highest BCUT2D eigenvalue weighted by molar-refractivity contribution is 5.27. The van der Waals surface area contributed by atoms with Gasteiger partial charge in [-0.3, -0.25) is 0 Å². The molecule has 0 radical (unpaired) electrons. The zero-order valence-electron chi connectivity index (χ0n) is 9.91. The summed E-state index contributed by atoms with van der Waals surface area (Å²) in [5.41, 5.74) is -0.629. The quantitative estimate of drug-likeness (QED) is 0.733. The highest BCUT2D eigenvalue weighted by Gasteiger charge is 2.20. The van der Waals surface area contributed by atoms with Gasteiger partial charge < -0.3 is 15.5 Å². The first-order valence-corrected chi connectivity index (χ1v) is 5.55. The Morgan fingerprint density at radius 2 is 1.94 bits per heavy atom. The summed E-state index contributed by atoms with van der Waals surface area (Å²) >= 11 is 0. The third-order valence-electron chi connectivity index (χ3n) is 2.66. The highest BCUT2D eigenvalue weighted by Crippen LogP contribution is 2.26. The maximum Gasteiger partial charge on any atom is 0.266 e. The van der Waals surface area contributed by atoms with Gasteiger partial charge in [0.25, 0.3) is 6.43 Å². The lowest BCUT2D eigenvalue weighted by molar-refractivity contribution is 0.0138. The van der Waals surface area contributed by atoms with E-state index in [2.05, 4.69) is 5.32 Å². The molecule has 1 aromatic rings. The van der Waals surface area contributed by atoms with Gasteiger partial charge >= 0.3 is 0 Å². The van der Waals surface area contributed by atoms with Crippen molar-refractivity contribution in [3.63, 3.8) is 0 Å². The molecule has 3 N–H and O–H groups in total. The Bertz CT molecular complexity index is 388. The Hall–Kier alpha value is -1.11. The molecule has 0 aliphatic rings. The lowest BCUT2D eigenvalue weighted by atomic mass is 10.0. The van der Waals surface area contributed by atoms with Gasteiger partial charge in [-0.05, 0) is 31.6 Å². The minimum absolute atomic E-state index is 0.0838. The lowest BCUT2D eigenvalue weighted by Gasteiger charge is -2.18. The second-order valence-corrected chi connectivity index (χ2v) is 3.99. The van der Waals surface area contributed by atoms with Crippen molar-refractivity contribution in [1.29, 1.82) is 0 Å². The summed E-state index contributed by atoms with van der Waals surface area (Å²) in [6.45, 7) is 0.482. The number of nitrogens with one attached hydrogen (secondary N) is 1. The van der Waals surface area contributed by atoms with Crippen molar-refractivity contribution >= 4 is 0 Å². The Morgan fingerprint density at radius 3 is 2.44 bits per heavy atom. The number of alkyl halides is 2. The number of rotatable bonds is 6. The van der Waals surface area contributed by atoms with Gasteiger partial charge in [-0.2, -0.15) is 0 Å². The van der Waals surface area contributed by atoms with Crippen molar-refractivity contribution in [3.8, 4) is 0 Å². The molecule has 0 saturated heterocycles. The summed E-state index contributed by atoms with van der Waals surface area (Å²) in [5, 5.41) is 22.1. The molecule has 18 heavy (non-hydrogen) atoms. The standard InChI is InChI=1S/C12H16F3NO2/c1-16-5-4-10(17)11(18)7-2-3-8(12(14)15)9(13)6-7/h2-3,6,10-12,16-18H,4-5H2,1H3. The summed E-state index contributed by atoms with van der Waals surface area (Å²) in [6, 6.07) is 2.94. The molecule has 102 valence electrons. The molecule has 0 saturated carbocycles. The fraction of sp³-hybridized carbons (Fsp3) is 0.500. The molecular weight excluding hydrogens is 247 g/mol. The van der Waals surface area contributed by atoms with Crippen LogP contribution in [0.2, 0.25) is 0 Å². The van der Waals surface area contributed by atoms with Gasteiger partial charge in [0, 0.05) is 0 Å². The molecule has 0 bridgehead atoms. The number of aliphatic hydroxyl groups is 2. The smallest absolute Gasteiger partial charge is 0.266 e. The third-order valence-corrected chi connectivity index (χ3v) is 2.66. The average molecular weight is 263 g/mol. The molecule has 0 amide bonds. The average Bonchev–Trinajstić information content (AvgIpc) is 2.34. The van der Waals surface area contributed by atoms with Crippen LogP contribution in [0.15, 0.2) is 18.2 Å². The van der Waals surface area contributed by atoms with Crippen LogP contribution in [0.4, 0.5) is 13.2 Å². The molecule has 6 heteroatoms. The maximum atomic E-state index is 13.3. The Kier molecular flexibility index (Phi) is 5.58. The van der Waals surface area contributed by atoms with Gasteiger partial charge in [-0.15, -0.1) is 0 Å². The number of halogens is 3. The largest absolute Gasteiger partial charge is 0.390 e. The van der Waals surface area contributed by atoms with Crippen LogP contribution in [-0.4, -0.2) is 29.9 Å². The van der Waals surface area contributed by atoms with E-state index in [1.54, 1.807) is 7.05 Å². The Labute approximate surface area is 103 Å². The molecule has 0 aromatic heterocycles. The first kappa shape index (κ1) is 14.9. The first-order chi connectivity index (χ1) is 8.47. The second-order valence-electron chi connectivity index (χ2n) is 3.99. The summed E-state index contributed by atoms with van der Waals surface area (Å²) in [4.78, 5) is 0. The molecule has 0 fully saturated rings. The number of hydrogen-bond donors (Lipinski definition) is 3. The molecular formula is C12H16F3NO2. The van der Waals surface area contributed by atoms with Gasteiger partial charge in [-0.1, -0.05) is 12.1 Å². The molecule has 0 aliphatic carbocycles. The predicted octanol–water partition coefficient (Wildman–Crippen LogP) is 1.77. The molecule has 0 aliphatic heterocycles. The van der Waals surface area contributed by atoms with Gasteiger partial charge in [-0.25, -0.2) is 13.2 Å². The predicted molar refractivity (Wildman–Crippen MR) is 60.9 cm³/mol. The second kappa shape index (κ2) is 6.72. The molecule has 0 heterocycles. The first-order valence-electron chi connectivity index (χ1n) is 5.55. The number of aliphatic hydroxyl groups excluding tert-OH is 2. The van der Waals surface area contributed by atoms with E-state index in [1.807, 2.05) is 0 Å². The minimum atomic E-state index is -2.90. The van der Waals surface area contributed by atoms with Crippen molar-refractivity contribution in [2.24, 2.45) is 0 Å². The zero-order chi connectivity index (χ0) is 13.7. The van der Waals surface area contributed by atoms with Crippen LogP contribution in [0.5, 0.6) is 0 Å². The van der Waals surface area contributed by atoms with E-state index in [0.29, 0.717) is 6.54 Å². The van der Waals surface area contributed by atoms with Crippen LogP contribution >= 0.6 is 0 Å². The van der Waals surface area contributed by atoms with E-state index in [4.69, 9.17) is 0 Å². The number of benzene rings is 1. The molecule has 3 nitrogen and oxygen atoms in total. The van der Waals surface area contributed by atoms with Crippen LogP contribution in [0.1, 0.15) is 30.1 Å². The van der Waals surface area contributed by atoms with Crippen molar-refractivity contribution in [3.05, 3.63) is 35.1 Å². The maximum absolute atomic E-state index is 13.3. The van der Waals surface area contributed by atoms with Crippen LogP contribution in [0.25, 0.3) is 0 Å². The van der Waals surface area contributed by atoms with Crippen LogP contribution in [0.3, 0.4) is 0 Å². The van der Waals surface area contributed by atoms with E-state index in [1.165, 1.54) is 6.07 Å². The molecule has 0 spiro atoms. The van der Waals surface area contributed by atoms with Crippen molar-refractivity contribution in [2.45, 2.75) is 25.1 Å². The molecule has 2 atom stereocenters. The van der Waals surface area contributed by atoms with Crippen molar-refractivity contribution < 1.29 is 23.4 Å². The van der Waals surface area contributed by atoms with Crippen LogP contribution in [-0.2, 0) is 0 Å². The van der Waals surface area contributed by atoms with Gasteiger partial charge in [0.15, 0.2) is 0 Å². The normalized spacial score (nSPS) is 14.8. The fourth-order valence-corrected chi connectivity index (χ4v) is 1.58. The lowest BCUT2D eigenvalue weighted by Crippen LogP contribution is -2.23. The van der Waals surface area contributed by atoms with E-state index in [-0.39, 0.29) is 12.0 Å². The van der Waals surface area contributed by atoms with Crippen LogP contribution in [0, 0.1) is 5.82 Å². The van der Waals surface area contributed by atoms with Crippen LogP contribution < -0.4 is 5.32 Å². The van der Waals surface area contributed by atoms with E-state index < -0.39 is 30.0 Å². The summed E-state index contributed by atoms with van der Waals surface area (Å²) in [5.74, 6) is -1.08. The molecule has 2 unspecified atom stereocenters. The van der Waals surface area contributed by atoms with Crippen molar-refractivity contribution in [2.75, 3.05) is 13.6 Å². The monoisotopic (exact) mass is 263 g/mol. The van der Waals surface area contributed by atoms with E-state index in [0.717, 1.165) is 12.1 Å². The third kappa shape index (κ3) is 3.69. The van der Waals surface area contributed by atoms with Gasteiger partial charge in [0.05, 0.1) is 11.7 Å². The molecule has 1 aromatic carbocycles. The van der Waals surface area contributed by atoms with Gasteiger partial charge in [0.2, 0.25) is 0 Å². The Morgan fingerprint density at radius 1 is 1.28 bits per heavy atom. The summed E-state index contributed by atoms with van der Waals surface area (Å²) in [7, 11) is 1.69. The topological polar surface area (TPSA) is 52.5 Å². The summed E-state index contributed by atoms with van der Waals surface area (Å²) < 4.78 is 37.9. The molecule has 1 rings (SSSR count). The minimum Gasteiger partial charge on any atom is -0.390 e. The SMILES string of the molecule is CNCCC(O)C(O)c1ccc(C(F)F)c(F)c1. The summed E-state index contributed by atoms with van der Waals surface area (Å²) in [6.07, 6.45) is -4.99. The fourth-order valence-electron chi connectivity index (χ4n) is 1.58. The highest BCUT2D eigenvalue weighted by atomic mass is 19.3.